The summed E-state index contributed by atoms with van der Waals surface area (Å²) in [6.07, 6.45) is 8.19. The third-order valence-corrected chi connectivity index (χ3v) is 7.82. The largest absolute Gasteiger partial charge is 0.493 e. The lowest BCUT2D eigenvalue weighted by Gasteiger charge is -2.55. The molecule has 5 heterocycles. The highest BCUT2D eigenvalue weighted by Crippen LogP contribution is 2.46. The summed E-state index contributed by atoms with van der Waals surface area (Å²) in [5.41, 5.74) is 2.44. The van der Waals surface area contributed by atoms with E-state index in [4.69, 9.17) is 33.2 Å². The Morgan fingerprint density at radius 1 is 0.646 bits per heavy atom. The Balaban J connectivity index is 1.46. The van der Waals surface area contributed by atoms with Crippen molar-refractivity contribution in [1.29, 1.82) is 0 Å². The first-order valence-corrected chi connectivity index (χ1v) is 14.6. The molecule has 15 nitrogen and oxygen atoms in total. The molecule has 3 aliphatic rings. The third-order valence-electron chi connectivity index (χ3n) is 7.82. The molecule has 2 aromatic heterocycles. The lowest BCUT2D eigenvalue weighted by atomic mass is 10.1. The van der Waals surface area contributed by atoms with Gasteiger partial charge in [0.2, 0.25) is 5.75 Å². The molecule has 0 N–H and O–H groups in total. The Bertz CT molecular complexity index is 1740. The Kier molecular flexibility index (Phi) is 8.80. The zero-order valence-corrected chi connectivity index (χ0v) is 26.1. The van der Waals surface area contributed by atoms with Gasteiger partial charge >= 0.3 is 35.7 Å². The van der Waals surface area contributed by atoms with Crippen molar-refractivity contribution >= 4 is 23.9 Å². The van der Waals surface area contributed by atoms with E-state index in [1.807, 2.05) is 0 Å². The molecule has 0 unspecified atom stereocenters. The zero-order chi connectivity index (χ0) is 33.9. The zero-order valence-electron chi connectivity index (χ0n) is 26.1. The van der Waals surface area contributed by atoms with Gasteiger partial charge in [-0.25, -0.2) is 29.0 Å². The van der Waals surface area contributed by atoms with Gasteiger partial charge in [0, 0.05) is 74.6 Å². The van der Waals surface area contributed by atoms with Crippen LogP contribution in [0, 0.1) is 0 Å². The fourth-order valence-corrected chi connectivity index (χ4v) is 5.70. The number of esters is 4. The van der Waals surface area contributed by atoms with Gasteiger partial charge in [-0.05, 0) is 47.5 Å². The number of methoxy groups -OCH3 is 3. The van der Waals surface area contributed by atoms with Crippen LogP contribution in [0.1, 0.15) is 11.1 Å². The van der Waals surface area contributed by atoms with Gasteiger partial charge in [0.25, 0.3) is 0 Å². The number of benzene rings is 1. The number of pyridine rings is 2. The van der Waals surface area contributed by atoms with Crippen LogP contribution in [0.3, 0.4) is 0 Å². The van der Waals surface area contributed by atoms with Gasteiger partial charge in [-0.15, -0.1) is 0 Å². The van der Waals surface area contributed by atoms with Crippen LogP contribution in [0.2, 0.25) is 0 Å². The van der Waals surface area contributed by atoms with E-state index in [0.29, 0.717) is 39.6 Å². The highest BCUT2D eigenvalue weighted by atomic mass is 16.8. The quantitative estimate of drug-likeness (QED) is 0.323. The standard InChI is InChI=1S/C33H30N4O11/c1-42-25-17-23(18-26(43-2)31(25)44-3)24-16-22(10-13-35-24)20-37-15-14-36(19-21-8-11-34-12-9-21)32(45-27(38)4-5-28(39)46-32)33(37)47-29(40)6-7-30(41)48-33/h4-13,16-18H,14-15,19-20H2,1-3H3. The predicted molar refractivity (Wildman–Crippen MR) is 162 cm³/mol. The van der Waals surface area contributed by atoms with E-state index in [1.54, 1.807) is 55.0 Å². The van der Waals surface area contributed by atoms with Gasteiger partial charge < -0.3 is 33.2 Å². The normalized spacial score (nSPS) is 18.7. The Labute approximate surface area is 274 Å². The number of aromatic nitrogens is 2. The fraction of sp³-hybridized carbons (Fsp3) is 0.273. The molecular formula is C33H30N4O11. The number of nitrogens with zero attached hydrogens (tertiary/aromatic N) is 4. The fourth-order valence-electron chi connectivity index (χ4n) is 5.70. The number of carbonyl (C=O) groups excluding carboxylic acids is 4. The molecule has 15 heteroatoms. The Hall–Kier alpha value is -5.80. The molecule has 0 bridgehead atoms. The molecule has 3 aromatic rings. The molecule has 0 atom stereocenters. The van der Waals surface area contributed by atoms with Crippen LogP contribution in [-0.2, 0) is 51.2 Å². The average molecular weight is 659 g/mol. The Morgan fingerprint density at radius 3 is 1.56 bits per heavy atom. The first-order valence-electron chi connectivity index (χ1n) is 14.6. The van der Waals surface area contributed by atoms with Crippen molar-refractivity contribution in [2.45, 2.75) is 24.9 Å². The summed E-state index contributed by atoms with van der Waals surface area (Å²) in [6.45, 7) is 0.130. The summed E-state index contributed by atoms with van der Waals surface area (Å²) in [4.78, 5) is 63.8. The summed E-state index contributed by atoms with van der Waals surface area (Å²) in [5, 5.41) is 0. The monoisotopic (exact) mass is 658 g/mol. The van der Waals surface area contributed by atoms with Gasteiger partial charge in [0.05, 0.1) is 27.0 Å². The van der Waals surface area contributed by atoms with E-state index in [-0.39, 0.29) is 26.2 Å². The number of ether oxygens (including phenoxy) is 7. The van der Waals surface area contributed by atoms with Crippen LogP contribution >= 0.6 is 0 Å². The number of hydrogen-bond acceptors (Lipinski definition) is 15. The highest BCUT2D eigenvalue weighted by molar-refractivity contribution is 5.95. The topological polar surface area (TPSA) is 165 Å². The predicted octanol–water partition coefficient (Wildman–Crippen LogP) is 2.11. The van der Waals surface area contributed by atoms with Crippen molar-refractivity contribution < 1.29 is 52.3 Å². The van der Waals surface area contributed by atoms with E-state index in [0.717, 1.165) is 24.3 Å². The lowest BCUT2D eigenvalue weighted by Crippen LogP contribution is -2.80. The minimum atomic E-state index is -2.61. The minimum Gasteiger partial charge on any atom is -0.493 e. The second kappa shape index (κ2) is 13.1. The van der Waals surface area contributed by atoms with Gasteiger partial charge in [-0.1, -0.05) is 0 Å². The van der Waals surface area contributed by atoms with Crippen LogP contribution in [0.5, 0.6) is 17.2 Å². The highest BCUT2D eigenvalue weighted by Gasteiger charge is 2.74. The summed E-state index contributed by atoms with van der Waals surface area (Å²) < 4.78 is 39.9. The molecule has 0 aliphatic carbocycles. The lowest BCUT2D eigenvalue weighted by molar-refractivity contribution is -0.465. The molecule has 0 saturated carbocycles. The third kappa shape index (κ3) is 5.91. The van der Waals surface area contributed by atoms with Crippen LogP contribution in [-0.4, -0.2) is 89.9 Å². The number of carbonyl (C=O) groups is 4. The number of rotatable bonds is 8. The molecular weight excluding hydrogens is 628 g/mol. The summed E-state index contributed by atoms with van der Waals surface area (Å²) in [5.74, 6) is -7.97. The maximum absolute atomic E-state index is 13.1. The van der Waals surface area contributed by atoms with Crippen molar-refractivity contribution in [1.82, 2.24) is 19.8 Å². The second-order valence-electron chi connectivity index (χ2n) is 10.7. The van der Waals surface area contributed by atoms with Gasteiger partial charge in [0.1, 0.15) is 0 Å². The minimum absolute atomic E-state index is 0.0156. The molecule has 3 aliphatic heterocycles. The number of piperazine rings is 1. The molecule has 0 amide bonds. The first kappa shape index (κ1) is 32.2. The maximum atomic E-state index is 13.1. The van der Waals surface area contributed by atoms with Crippen LogP contribution in [0.15, 0.2) is 79.3 Å². The molecule has 248 valence electrons. The Morgan fingerprint density at radius 2 is 1.10 bits per heavy atom. The van der Waals surface area contributed by atoms with Crippen LogP contribution < -0.4 is 14.2 Å². The summed E-state index contributed by atoms with van der Waals surface area (Å²) in [6, 6.07) is 10.4. The van der Waals surface area contributed by atoms with Gasteiger partial charge in [0.15, 0.2) is 11.5 Å². The molecule has 2 spiro atoms. The molecule has 1 fully saturated rings. The van der Waals surface area contributed by atoms with Crippen molar-refractivity contribution in [2.24, 2.45) is 0 Å². The smallest absolute Gasteiger partial charge is 0.420 e. The molecule has 1 saturated heterocycles. The van der Waals surface area contributed by atoms with E-state index >= 15 is 0 Å². The summed E-state index contributed by atoms with van der Waals surface area (Å²) in [7, 11) is 4.50. The van der Waals surface area contributed by atoms with Crippen LogP contribution in [0.25, 0.3) is 11.3 Å². The van der Waals surface area contributed by atoms with Crippen molar-refractivity contribution in [3.05, 3.63) is 90.4 Å². The van der Waals surface area contributed by atoms with Crippen molar-refractivity contribution in [2.75, 3.05) is 34.4 Å². The van der Waals surface area contributed by atoms with Crippen LogP contribution in [0.4, 0.5) is 0 Å². The number of hydrogen-bond donors (Lipinski definition) is 0. The molecule has 6 rings (SSSR count). The second-order valence-corrected chi connectivity index (χ2v) is 10.7. The van der Waals surface area contributed by atoms with E-state index in [9.17, 15) is 19.2 Å². The summed E-state index contributed by atoms with van der Waals surface area (Å²) >= 11 is 0. The number of fused-ring (bicyclic) bond motifs is 1. The van der Waals surface area contributed by atoms with Crippen molar-refractivity contribution in [3.8, 4) is 28.5 Å². The van der Waals surface area contributed by atoms with E-state index in [2.05, 4.69) is 9.97 Å². The first-order chi connectivity index (χ1) is 23.2. The average Bonchev–Trinajstić information content (AvgIpc) is 3.35. The van der Waals surface area contributed by atoms with Gasteiger partial charge in [-0.3, -0.25) is 9.97 Å². The van der Waals surface area contributed by atoms with Crippen molar-refractivity contribution in [3.63, 3.8) is 0 Å². The maximum Gasteiger partial charge on any atom is 0.420 e. The van der Waals surface area contributed by atoms with E-state index in [1.165, 1.54) is 31.1 Å². The van der Waals surface area contributed by atoms with Gasteiger partial charge in [-0.2, -0.15) is 0 Å². The molecule has 1 aromatic carbocycles. The SMILES string of the molecule is COc1cc(-c2cc(CN3CCN(Cc4ccncc4)C4(OC(=O)C=CC(=O)O4)C34OC(=O)C=CC(=O)O4)ccn2)cc(OC)c1OC. The molecule has 0 radical (unpaired) electrons. The molecule has 48 heavy (non-hydrogen) atoms. The van der Waals surface area contributed by atoms with E-state index < -0.39 is 35.7 Å².